The summed E-state index contributed by atoms with van der Waals surface area (Å²) in [5.74, 6) is 0.816. The fraction of sp³-hybridized carbons (Fsp3) is 0.583. The molecule has 0 saturated carbocycles. The van der Waals surface area contributed by atoms with Crippen molar-refractivity contribution in [3.63, 3.8) is 0 Å². The topological polar surface area (TPSA) is 17.1 Å². The van der Waals surface area contributed by atoms with E-state index in [1.54, 1.807) is 0 Å². The summed E-state index contributed by atoms with van der Waals surface area (Å²) in [7, 11) is 0. The van der Waals surface area contributed by atoms with Crippen LogP contribution in [0, 0.1) is 0 Å². The van der Waals surface area contributed by atoms with E-state index < -0.39 is 0 Å². The van der Waals surface area contributed by atoms with Crippen LogP contribution < -0.4 is 0 Å². The van der Waals surface area contributed by atoms with Crippen molar-refractivity contribution in [3.8, 4) is 0 Å². The van der Waals surface area contributed by atoms with E-state index >= 15 is 0 Å². The molecule has 0 saturated heterocycles. The van der Waals surface area contributed by atoms with Crippen LogP contribution in [0.25, 0.3) is 0 Å². The molecular weight excluding hydrogens is 256 g/mol. The number of allylic oxidation sites excluding steroid dienone is 1. The lowest BCUT2D eigenvalue weighted by Crippen LogP contribution is -1.93. The fourth-order valence-electron chi connectivity index (χ4n) is 1.35. The molecule has 1 unspecified atom stereocenters. The second-order valence-electron chi connectivity index (χ2n) is 3.60. The standard InChI is InChI=1S/C12H18OS3/c1-4-6-7-12-15-9(3)10(16-12)8-14-11(13)5-2/h5,12H,2,4,6-8H2,1,3H3. The van der Waals surface area contributed by atoms with E-state index in [0.29, 0.717) is 4.58 Å². The van der Waals surface area contributed by atoms with Crippen molar-refractivity contribution in [1.29, 1.82) is 0 Å². The Labute approximate surface area is 111 Å². The van der Waals surface area contributed by atoms with Crippen LogP contribution in [-0.2, 0) is 4.79 Å². The minimum absolute atomic E-state index is 0.0721. The number of carbonyl (C=O) groups is 1. The zero-order chi connectivity index (χ0) is 12.0. The van der Waals surface area contributed by atoms with Gasteiger partial charge in [-0.15, -0.1) is 23.5 Å². The Bertz CT molecular complexity index is 297. The number of rotatable bonds is 6. The largest absolute Gasteiger partial charge is 0.282 e. The van der Waals surface area contributed by atoms with Gasteiger partial charge in [-0.3, -0.25) is 4.79 Å². The lowest BCUT2D eigenvalue weighted by atomic mass is 10.3. The van der Waals surface area contributed by atoms with Gasteiger partial charge in [-0.2, -0.15) is 0 Å². The molecule has 0 radical (unpaired) electrons. The van der Waals surface area contributed by atoms with Crippen molar-refractivity contribution < 1.29 is 4.79 Å². The number of unbranched alkanes of at least 4 members (excludes halogenated alkanes) is 1. The molecule has 1 heterocycles. The highest BCUT2D eigenvalue weighted by atomic mass is 32.2. The average molecular weight is 274 g/mol. The van der Waals surface area contributed by atoms with Crippen molar-refractivity contribution in [2.75, 3.05) is 5.75 Å². The number of hydrogen-bond donors (Lipinski definition) is 0. The van der Waals surface area contributed by atoms with E-state index in [1.165, 1.54) is 46.9 Å². The summed E-state index contributed by atoms with van der Waals surface area (Å²) in [6.45, 7) is 7.87. The van der Waals surface area contributed by atoms with Crippen molar-refractivity contribution in [1.82, 2.24) is 0 Å². The van der Waals surface area contributed by atoms with E-state index in [2.05, 4.69) is 20.4 Å². The van der Waals surface area contributed by atoms with E-state index in [0.717, 1.165) is 5.75 Å². The number of thioether (sulfide) groups is 3. The molecule has 0 aromatic heterocycles. The van der Waals surface area contributed by atoms with Crippen LogP contribution in [0.5, 0.6) is 0 Å². The van der Waals surface area contributed by atoms with Gasteiger partial charge in [0.2, 0.25) is 5.12 Å². The monoisotopic (exact) mass is 274 g/mol. The van der Waals surface area contributed by atoms with E-state index in [9.17, 15) is 4.79 Å². The molecule has 1 rings (SSSR count). The molecule has 0 spiro atoms. The van der Waals surface area contributed by atoms with E-state index in [-0.39, 0.29) is 5.12 Å². The average Bonchev–Trinajstić information content (AvgIpc) is 2.64. The van der Waals surface area contributed by atoms with Crippen LogP contribution in [0.15, 0.2) is 22.5 Å². The van der Waals surface area contributed by atoms with Crippen LogP contribution in [0.4, 0.5) is 0 Å². The van der Waals surface area contributed by atoms with Gasteiger partial charge in [0.05, 0.1) is 4.58 Å². The molecule has 0 aliphatic carbocycles. The molecule has 0 amide bonds. The van der Waals surface area contributed by atoms with Gasteiger partial charge in [0.1, 0.15) is 0 Å². The van der Waals surface area contributed by atoms with Crippen LogP contribution in [0.2, 0.25) is 0 Å². The molecule has 0 aromatic rings. The number of carbonyl (C=O) groups excluding carboxylic acids is 1. The summed E-state index contributed by atoms with van der Waals surface area (Å²) in [5.41, 5.74) is 0. The van der Waals surface area contributed by atoms with Gasteiger partial charge >= 0.3 is 0 Å². The lowest BCUT2D eigenvalue weighted by molar-refractivity contribution is -0.107. The second kappa shape index (κ2) is 7.51. The molecular formula is C12H18OS3. The molecule has 0 N–H and O–H groups in total. The van der Waals surface area contributed by atoms with Crippen LogP contribution in [0.1, 0.15) is 33.1 Å². The first-order valence-corrected chi connectivity index (χ1v) is 8.24. The Morgan fingerprint density at radius 2 is 2.31 bits per heavy atom. The van der Waals surface area contributed by atoms with E-state index in [4.69, 9.17) is 0 Å². The lowest BCUT2D eigenvalue weighted by Gasteiger charge is -2.07. The van der Waals surface area contributed by atoms with Crippen LogP contribution in [-0.4, -0.2) is 15.5 Å². The second-order valence-corrected chi connectivity index (χ2v) is 7.59. The zero-order valence-electron chi connectivity index (χ0n) is 9.82. The van der Waals surface area contributed by atoms with Gasteiger partial charge in [0, 0.05) is 10.7 Å². The third-order valence-corrected chi connectivity index (χ3v) is 6.39. The highest BCUT2D eigenvalue weighted by Gasteiger charge is 2.22. The predicted octanol–water partition coefficient (Wildman–Crippen LogP) is 4.66. The Kier molecular flexibility index (Phi) is 6.70. The van der Waals surface area contributed by atoms with Crippen molar-refractivity contribution in [3.05, 3.63) is 22.5 Å². The summed E-state index contributed by atoms with van der Waals surface area (Å²) < 4.78 is 0.675. The summed E-state index contributed by atoms with van der Waals surface area (Å²) in [5, 5.41) is 0.0721. The molecule has 1 atom stereocenters. The smallest absolute Gasteiger partial charge is 0.211 e. The maximum Gasteiger partial charge on any atom is 0.211 e. The van der Waals surface area contributed by atoms with Crippen LogP contribution >= 0.6 is 35.3 Å². The van der Waals surface area contributed by atoms with Gasteiger partial charge in [0.15, 0.2) is 0 Å². The summed E-state index contributed by atoms with van der Waals surface area (Å²) in [6, 6.07) is 0. The Morgan fingerprint density at radius 1 is 1.56 bits per heavy atom. The fourth-order valence-corrected chi connectivity index (χ4v) is 5.41. The minimum atomic E-state index is 0.0721. The van der Waals surface area contributed by atoms with Crippen molar-refractivity contribution in [2.24, 2.45) is 0 Å². The first kappa shape index (κ1) is 14.3. The predicted molar refractivity (Wildman–Crippen MR) is 78.9 cm³/mol. The van der Waals surface area contributed by atoms with Gasteiger partial charge in [0.25, 0.3) is 0 Å². The van der Waals surface area contributed by atoms with E-state index in [1.807, 2.05) is 23.5 Å². The quantitative estimate of drug-likeness (QED) is 0.655. The maximum absolute atomic E-state index is 11.1. The Morgan fingerprint density at radius 3 is 2.94 bits per heavy atom. The molecule has 0 bridgehead atoms. The summed E-state index contributed by atoms with van der Waals surface area (Å²) >= 11 is 5.27. The van der Waals surface area contributed by atoms with Crippen molar-refractivity contribution >= 4 is 40.4 Å². The molecule has 0 fully saturated rings. The third-order valence-electron chi connectivity index (χ3n) is 2.28. The summed E-state index contributed by atoms with van der Waals surface area (Å²) in [4.78, 5) is 13.9. The van der Waals surface area contributed by atoms with Gasteiger partial charge in [-0.25, -0.2) is 0 Å². The number of hydrogen-bond acceptors (Lipinski definition) is 4. The third kappa shape index (κ3) is 4.60. The molecule has 0 aromatic carbocycles. The van der Waals surface area contributed by atoms with Gasteiger partial charge in [-0.1, -0.05) is 38.1 Å². The molecule has 90 valence electrons. The Balaban J connectivity index is 2.34. The van der Waals surface area contributed by atoms with Gasteiger partial charge in [-0.05, 0) is 24.3 Å². The molecule has 16 heavy (non-hydrogen) atoms. The molecule has 4 heteroatoms. The molecule has 1 nitrogen and oxygen atoms in total. The van der Waals surface area contributed by atoms with Crippen molar-refractivity contribution in [2.45, 2.75) is 37.7 Å². The zero-order valence-corrected chi connectivity index (χ0v) is 12.3. The SMILES string of the molecule is C=CC(=O)SCC1=C(C)SC(CCCC)S1. The minimum Gasteiger partial charge on any atom is -0.282 e. The highest BCUT2D eigenvalue weighted by Crippen LogP contribution is 2.48. The normalized spacial score (nSPS) is 20.2. The highest BCUT2D eigenvalue weighted by molar-refractivity contribution is 8.24. The molecule has 1 aliphatic heterocycles. The first-order valence-electron chi connectivity index (χ1n) is 5.49. The van der Waals surface area contributed by atoms with Gasteiger partial charge < -0.3 is 0 Å². The molecule has 1 aliphatic rings. The maximum atomic E-state index is 11.1. The Hall–Kier alpha value is 0.200. The van der Waals surface area contributed by atoms with Crippen LogP contribution in [0.3, 0.4) is 0 Å². The summed E-state index contributed by atoms with van der Waals surface area (Å²) in [6.07, 6.45) is 5.22. The first-order chi connectivity index (χ1) is 7.67.